The summed E-state index contributed by atoms with van der Waals surface area (Å²) in [5, 5.41) is 41.0. The summed E-state index contributed by atoms with van der Waals surface area (Å²) < 4.78 is 5.01. The summed E-state index contributed by atoms with van der Waals surface area (Å²) in [6, 6.07) is 4.21. The number of nitrogens with zero attached hydrogens (tertiary/aromatic N) is 1. The van der Waals surface area contributed by atoms with E-state index in [4.69, 9.17) is 9.84 Å². The first-order chi connectivity index (χ1) is 8.63. The number of hydrogen-bond acceptors (Lipinski definition) is 7. The minimum atomic E-state index is -1.34. The van der Waals surface area contributed by atoms with Gasteiger partial charge in [0.1, 0.15) is 30.2 Å². The topological polar surface area (TPSA) is 115 Å². The summed E-state index contributed by atoms with van der Waals surface area (Å²) in [4.78, 5) is 3.99. The van der Waals surface area contributed by atoms with E-state index >= 15 is 0 Å². The molecule has 1 saturated heterocycles. The van der Waals surface area contributed by atoms with Crippen LogP contribution in [0.5, 0.6) is 0 Å². The molecule has 7 heteroatoms. The second-order valence-corrected chi connectivity index (χ2v) is 4.11. The highest BCUT2D eigenvalue weighted by Gasteiger charge is 2.43. The van der Waals surface area contributed by atoms with Crippen LogP contribution >= 0.6 is 0 Å². The van der Waals surface area contributed by atoms with Crippen molar-refractivity contribution < 1.29 is 25.2 Å². The summed E-state index contributed by atoms with van der Waals surface area (Å²) in [6.07, 6.45) is -3.34. The van der Waals surface area contributed by atoms with E-state index in [-0.39, 0.29) is 0 Å². The zero-order valence-corrected chi connectivity index (χ0v) is 9.55. The van der Waals surface area contributed by atoms with Crippen LogP contribution < -0.4 is 5.32 Å². The molecule has 1 aliphatic heterocycles. The Morgan fingerprint density at radius 3 is 2.61 bits per heavy atom. The third-order valence-electron chi connectivity index (χ3n) is 2.88. The molecule has 1 fully saturated rings. The molecule has 5 N–H and O–H groups in total. The van der Waals surface area contributed by atoms with Gasteiger partial charge < -0.3 is 30.5 Å². The van der Waals surface area contributed by atoms with E-state index in [2.05, 4.69) is 10.3 Å². The smallest absolute Gasteiger partial charge is 0.178 e. The van der Waals surface area contributed by atoms with Crippen molar-refractivity contribution in [1.29, 1.82) is 0 Å². The zero-order chi connectivity index (χ0) is 13.1. The van der Waals surface area contributed by atoms with Crippen LogP contribution in [-0.2, 0) is 4.74 Å². The quantitative estimate of drug-likeness (QED) is 0.437. The maximum Gasteiger partial charge on any atom is 0.178 e. The molecule has 1 aromatic rings. The molecule has 100 valence electrons. The van der Waals surface area contributed by atoms with Crippen LogP contribution in [-0.4, -0.2) is 62.7 Å². The summed E-state index contributed by atoms with van der Waals surface area (Å²) in [6.45, 7) is -0.481. The predicted molar refractivity (Wildman–Crippen MR) is 61.6 cm³/mol. The van der Waals surface area contributed by atoms with Crippen molar-refractivity contribution in [3.05, 3.63) is 24.4 Å². The van der Waals surface area contributed by atoms with Gasteiger partial charge in [0, 0.05) is 6.20 Å². The van der Waals surface area contributed by atoms with Gasteiger partial charge in [-0.2, -0.15) is 0 Å². The van der Waals surface area contributed by atoms with Gasteiger partial charge in [-0.3, -0.25) is 0 Å². The molecule has 0 radical (unpaired) electrons. The first kappa shape index (κ1) is 13.2. The van der Waals surface area contributed by atoms with Crippen LogP contribution in [0.1, 0.15) is 0 Å². The molecule has 0 amide bonds. The molecule has 0 aromatic carbocycles. The summed E-state index contributed by atoms with van der Waals surface area (Å²) in [5.74, 6) is 0.443. The highest BCUT2D eigenvalue weighted by Crippen LogP contribution is 2.22. The number of pyridine rings is 1. The second-order valence-electron chi connectivity index (χ2n) is 4.11. The van der Waals surface area contributed by atoms with Crippen molar-refractivity contribution in [2.24, 2.45) is 0 Å². The summed E-state index contributed by atoms with van der Waals surface area (Å²) in [7, 11) is 0. The Balaban J connectivity index is 2.08. The molecule has 2 heterocycles. The van der Waals surface area contributed by atoms with Gasteiger partial charge in [-0.25, -0.2) is 4.98 Å². The number of anilines is 1. The number of aliphatic hydroxyl groups is 4. The van der Waals surface area contributed by atoms with Gasteiger partial charge in [-0.15, -0.1) is 0 Å². The molecule has 0 bridgehead atoms. The van der Waals surface area contributed by atoms with Crippen molar-refractivity contribution in [1.82, 2.24) is 4.98 Å². The monoisotopic (exact) mass is 256 g/mol. The minimum absolute atomic E-state index is 0.443. The molecule has 0 aliphatic carbocycles. The first-order valence-electron chi connectivity index (χ1n) is 5.61. The van der Waals surface area contributed by atoms with Gasteiger partial charge >= 0.3 is 0 Å². The van der Waals surface area contributed by atoms with E-state index in [1.807, 2.05) is 0 Å². The Labute approximate surface area is 104 Å². The largest absolute Gasteiger partial charge is 0.394 e. The fourth-order valence-corrected chi connectivity index (χ4v) is 1.87. The molecule has 5 atom stereocenters. The number of aliphatic hydroxyl groups excluding tert-OH is 4. The van der Waals surface area contributed by atoms with E-state index in [1.54, 1.807) is 24.4 Å². The highest BCUT2D eigenvalue weighted by atomic mass is 16.6. The Bertz CT molecular complexity index is 377. The third kappa shape index (κ3) is 2.60. The van der Waals surface area contributed by atoms with Crippen LogP contribution in [0.15, 0.2) is 24.4 Å². The van der Waals surface area contributed by atoms with E-state index in [1.165, 1.54) is 0 Å². The number of rotatable bonds is 3. The van der Waals surface area contributed by atoms with E-state index < -0.39 is 37.3 Å². The predicted octanol–water partition coefficient (Wildman–Crippen LogP) is -1.71. The van der Waals surface area contributed by atoms with Gasteiger partial charge in [-0.1, -0.05) is 6.07 Å². The second kappa shape index (κ2) is 5.59. The van der Waals surface area contributed by atoms with Gasteiger partial charge in [0.15, 0.2) is 6.29 Å². The number of nitrogens with one attached hydrogen (secondary N) is 1. The average Bonchev–Trinajstić information content (AvgIpc) is 2.40. The molecule has 0 spiro atoms. The van der Waals surface area contributed by atoms with Gasteiger partial charge in [0.05, 0.1) is 6.61 Å². The maximum absolute atomic E-state index is 9.88. The van der Waals surface area contributed by atoms with Crippen molar-refractivity contribution >= 4 is 5.82 Å². The van der Waals surface area contributed by atoms with Crippen molar-refractivity contribution in [2.75, 3.05) is 11.9 Å². The molecule has 1 aromatic heterocycles. The fourth-order valence-electron chi connectivity index (χ4n) is 1.87. The number of ether oxygens (including phenoxy) is 1. The summed E-state index contributed by atoms with van der Waals surface area (Å²) in [5.41, 5.74) is 0. The van der Waals surface area contributed by atoms with E-state index in [0.29, 0.717) is 5.82 Å². The molecule has 18 heavy (non-hydrogen) atoms. The normalized spacial score (nSPS) is 36.3. The lowest BCUT2D eigenvalue weighted by Crippen LogP contribution is -2.61. The average molecular weight is 256 g/mol. The molecular weight excluding hydrogens is 240 g/mol. The van der Waals surface area contributed by atoms with E-state index in [0.717, 1.165) is 0 Å². The van der Waals surface area contributed by atoms with Crippen LogP contribution in [0.25, 0.3) is 0 Å². The van der Waals surface area contributed by atoms with Crippen LogP contribution in [0, 0.1) is 0 Å². The van der Waals surface area contributed by atoms with Gasteiger partial charge in [-0.05, 0) is 12.1 Å². The molecule has 1 unspecified atom stereocenters. The van der Waals surface area contributed by atoms with Gasteiger partial charge in [0.25, 0.3) is 0 Å². The third-order valence-corrected chi connectivity index (χ3v) is 2.88. The number of aromatic nitrogens is 1. The van der Waals surface area contributed by atoms with Crippen molar-refractivity contribution in [3.63, 3.8) is 0 Å². The molecule has 7 nitrogen and oxygen atoms in total. The highest BCUT2D eigenvalue weighted by molar-refractivity contribution is 5.35. The first-order valence-corrected chi connectivity index (χ1v) is 5.61. The Kier molecular flexibility index (Phi) is 4.10. The molecule has 1 aliphatic rings. The van der Waals surface area contributed by atoms with Crippen molar-refractivity contribution in [3.8, 4) is 0 Å². The minimum Gasteiger partial charge on any atom is -0.394 e. The lowest BCUT2D eigenvalue weighted by Gasteiger charge is -2.40. The van der Waals surface area contributed by atoms with E-state index in [9.17, 15) is 15.3 Å². The maximum atomic E-state index is 9.88. The lowest BCUT2D eigenvalue weighted by atomic mass is 9.97. The van der Waals surface area contributed by atoms with Crippen LogP contribution in [0.3, 0.4) is 0 Å². The molecular formula is C11H16N2O5. The standard InChI is InChI=1S/C11H16N2O5/c14-5-6-9(15)10(16)8(11(17)18-6)13-7-3-1-2-4-12-7/h1-4,6,8-11,14-17H,5H2,(H,12,13)/t6-,8-,9-,10-,11?/m1/s1. The Morgan fingerprint density at radius 1 is 1.22 bits per heavy atom. The molecule has 0 saturated carbocycles. The van der Waals surface area contributed by atoms with Crippen molar-refractivity contribution in [2.45, 2.75) is 30.6 Å². The zero-order valence-electron chi connectivity index (χ0n) is 9.55. The van der Waals surface area contributed by atoms with Crippen LogP contribution in [0.4, 0.5) is 5.82 Å². The van der Waals surface area contributed by atoms with Gasteiger partial charge in [0.2, 0.25) is 0 Å². The summed E-state index contributed by atoms with van der Waals surface area (Å²) >= 11 is 0. The number of hydrogen-bond donors (Lipinski definition) is 5. The fraction of sp³-hybridized carbons (Fsp3) is 0.545. The molecule has 2 rings (SSSR count). The SMILES string of the molecule is OC[C@H]1OC(O)[C@H](Nc2ccccn2)[C@@H](O)[C@@H]1O. The Hall–Kier alpha value is -1.25. The Morgan fingerprint density at radius 2 is 2.00 bits per heavy atom. The van der Waals surface area contributed by atoms with Crippen LogP contribution in [0.2, 0.25) is 0 Å². The lowest BCUT2D eigenvalue weighted by molar-refractivity contribution is -0.245.